The topological polar surface area (TPSA) is 21.3 Å². The van der Waals surface area contributed by atoms with Gasteiger partial charge in [0.2, 0.25) is 0 Å². The molecule has 3 saturated carbocycles. The second kappa shape index (κ2) is 6.38. The Morgan fingerprint density at radius 2 is 1.39 bits per heavy atom. The normalized spacial score (nSPS) is 34.7. The molecule has 0 aromatic carbocycles. The summed E-state index contributed by atoms with van der Waals surface area (Å²) in [6.45, 7) is 1.05. The van der Waals surface area contributed by atoms with Gasteiger partial charge in [-0.15, -0.1) is 0 Å². The van der Waals surface area contributed by atoms with E-state index in [4.69, 9.17) is 4.74 Å². The van der Waals surface area contributed by atoms with Gasteiger partial charge >= 0.3 is 0 Å². The predicted molar refractivity (Wildman–Crippen MR) is 74.7 cm³/mol. The number of hydrogen-bond acceptors (Lipinski definition) is 2. The molecule has 3 aliphatic rings. The fourth-order valence-corrected chi connectivity index (χ4v) is 3.56. The lowest BCUT2D eigenvalue weighted by molar-refractivity contribution is 0.0154. The molecule has 0 bridgehead atoms. The Kier molecular flexibility index (Phi) is 4.58. The van der Waals surface area contributed by atoms with Crippen LogP contribution >= 0.6 is 0 Å². The maximum Gasteiger partial charge on any atom is 0.0576 e. The average molecular weight is 251 g/mol. The van der Waals surface area contributed by atoms with Gasteiger partial charge in [-0.2, -0.15) is 0 Å². The van der Waals surface area contributed by atoms with Gasteiger partial charge in [0.05, 0.1) is 6.10 Å². The van der Waals surface area contributed by atoms with Crippen molar-refractivity contribution in [3.05, 3.63) is 0 Å². The summed E-state index contributed by atoms with van der Waals surface area (Å²) in [5.41, 5.74) is 0. The smallest absolute Gasteiger partial charge is 0.0576 e. The highest BCUT2D eigenvalue weighted by molar-refractivity contribution is 4.83. The summed E-state index contributed by atoms with van der Waals surface area (Å²) < 4.78 is 6.02. The van der Waals surface area contributed by atoms with Crippen molar-refractivity contribution >= 4 is 0 Å². The summed E-state index contributed by atoms with van der Waals surface area (Å²) in [6.07, 6.45) is 15.8. The maximum absolute atomic E-state index is 6.02. The molecule has 0 radical (unpaired) electrons. The van der Waals surface area contributed by atoms with E-state index in [0.29, 0.717) is 6.10 Å². The number of rotatable bonds is 5. The molecule has 2 heteroatoms. The van der Waals surface area contributed by atoms with Crippen molar-refractivity contribution in [3.63, 3.8) is 0 Å². The summed E-state index contributed by atoms with van der Waals surface area (Å²) in [7, 11) is 0. The Labute approximate surface area is 112 Å². The van der Waals surface area contributed by atoms with Gasteiger partial charge in [0.1, 0.15) is 0 Å². The van der Waals surface area contributed by atoms with Crippen molar-refractivity contribution in [2.45, 2.75) is 88.8 Å². The van der Waals surface area contributed by atoms with Crippen LogP contribution in [0.5, 0.6) is 0 Å². The number of nitrogens with one attached hydrogen (secondary N) is 1. The van der Waals surface area contributed by atoms with E-state index < -0.39 is 0 Å². The van der Waals surface area contributed by atoms with Gasteiger partial charge in [0.25, 0.3) is 0 Å². The Bertz CT molecular complexity index is 237. The minimum Gasteiger partial charge on any atom is -0.378 e. The first-order valence-electron chi connectivity index (χ1n) is 8.28. The van der Waals surface area contributed by atoms with Crippen LogP contribution in [-0.4, -0.2) is 24.8 Å². The standard InChI is InChI=1S/C16H29NO/c1-2-4-14(5-3-1)17-15-8-10-16(11-9-15)18-12-13-6-7-13/h13-17H,1-12H2. The fraction of sp³-hybridized carbons (Fsp3) is 1.00. The zero-order valence-corrected chi connectivity index (χ0v) is 11.7. The molecular formula is C16H29NO. The lowest BCUT2D eigenvalue weighted by atomic mass is 9.89. The molecule has 3 rings (SSSR count). The van der Waals surface area contributed by atoms with E-state index in [1.54, 1.807) is 0 Å². The molecule has 0 unspecified atom stereocenters. The molecule has 2 nitrogen and oxygen atoms in total. The van der Waals surface area contributed by atoms with Crippen LogP contribution in [0.1, 0.15) is 70.6 Å². The van der Waals surface area contributed by atoms with Crippen LogP contribution in [0.25, 0.3) is 0 Å². The van der Waals surface area contributed by atoms with Crippen molar-refractivity contribution in [1.29, 1.82) is 0 Å². The zero-order valence-electron chi connectivity index (χ0n) is 11.7. The molecule has 0 amide bonds. The molecule has 3 aliphatic carbocycles. The van der Waals surface area contributed by atoms with E-state index in [1.165, 1.54) is 70.6 Å². The van der Waals surface area contributed by atoms with Crippen molar-refractivity contribution in [1.82, 2.24) is 5.32 Å². The van der Waals surface area contributed by atoms with Gasteiger partial charge in [-0.25, -0.2) is 0 Å². The van der Waals surface area contributed by atoms with E-state index in [0.717, 1.165) is 24.6 Å². The monoisotopic (exact) mass is 251 g/mol. The molecule has 0 aromatic rings. The van der Waals surface area contributed by atoms with Gasteiger partial charge in [-0.3, -0.25) is 0 Å². The van der Waals surface area contributed by atoms with Crippen LogP contribution in [0.3, 0.4) is 0 Å². The molecule has 18 heavy (non-hydrogen) atoms. The second-order valence-corrected chi connectivity index (χ2v) is 6.75. The molecular weight excluding hydrogens is 222 g/mol. The second-order valence-electron chi connectivity index (χ2n) is 6.75. The van der Waals surface area contributed by atoms with Gasteiger partial charge in [0.15, 0.2) is 0 Å². The van der Waals surface area contributed by atoms with E-state index in [9.17, 15) is 0 Å². The quantitative estimate of drug-likeness (QED) is 0.805. The van der Waals surface area contributed by atoms with Gasteiger partial charge in [0, 0.05) is 18.7 Å². The summed E-state index contributed by atoms with van der Waals surface area (Å²) in [5, 5.41) is 3.90. The van der Waals surface area contributed by atoms with Crippen LogP contribution in [-0.2, 0) is 4.74 Å². The van der Waals surface area contributed by atoms with Crippen LogP contribution in [0.4, 0.5) is 0 Å². The summed E-state index contributed by atoms with van der Waals surface area (Å²) in [4.78, 5) is 0. The molecule has 0 aromatic heterocycles. The van der Waals surface area contributed by atoms with Crippen LogP contribution in [0.15, 0.2) is 0 Å². The first-order chi connectivity index (χ1) is 8.90. The minimum atomic E-state index is 0.579. The van der Waals surface area contributed by atoms with E-state index in [1.807, 2.05) is 0 Å². The minimum absolute atomic E-state index is 0.579. The highest BCUT2D eigenvalue weighted by Crippen LogP contribution is 2.31. The third-order valence-electron chi connectivity index (χ3n) is 5.02. The van der Waals surface area contributed by atoms with Crippen molar-refractivity contribution in [3.8, 4) is 0 Å². The Hall–Kier alpha value is -0.0800. The lowest BCUT2D eigenvalue weighted by Crippen LogP contribution is -2.42. The SMILES string of the molecule is C1CCC(NC2CCC(OCC3CC3)CC2)CC1. The first-order valence-corrected chi connectivity index (χ1v) is 8.28. The number of hydrogen-bond donors (Lipinski definition) is 1. The first kappa shape index (κ1) is 12.9. The zero-order chi connectivity index (χ0) is 12.2. The third kappa shape index (κ3) is 3.96. The van der Waals surface area contributed by atoms with Gasteiger partial charge < -0.3 is 10.1 Å². The predicted octanol–water partition coefficient (Wildman–Crippen LogP) is 3.65. The van der Waals surface area contributed by atoms with Gasteiger partial charge in [-0.05, 0) is 57.3 Å². The molecule has 3 fully saturated rings. The molecule has 0 heterocycles. The summed E-state index contributed by atoms with van der Waals surface area (Å²) in [5.74, 6) is 0.920. The van der Waals surface area contributed by atoms with E-state index >= 15 is 0 Å². The van der Waals surface area contributed by atoms with E-state index in [2.05, 4.69) is 5.32 Å². The highest BCUT2D eigenvalue weighted by atomic mass is 16.5. The van der Waals surface area contributed by atoms with Crippen molar-refractivity contribution in [2.75, 3.05) is 6.61 Å². The Balaban J connectivity index is 1.31. The lowest BCUT2D eigenvalue weighted by Gasteiger charge is -2.33. The maximum atomic E-state index is 6.02. The molecule has 104 valence electrons. The fourth-order valence-electron chi connectivity index (χ4n) is 3.56. The number of ether oxygens (including phenoxy) is 1. The van der Waals surface area contributed by atoms with Gasteiger partial charge in [-0.1, -0.05) is 19.3 Å². The summed E-state index contributed by atoms with van der Waals surface area (Å²) in [6, 6.07) is 1.61. The molecule has 0 atom stereocenters. The third-order valence-corrected chi connectivity index (χ3v) is 5.02. The Morgan fingerprint density at radius 3 is 2.06 bits per heavy atom. The largest absolute Gasteiger partial charge is 0.378 e. The van der Waals surface area contributed by atoms with E-state index in [-0.39, 0.29) is 0 Å². The molecule has 0 aliphatic heterocycles. The average Bonchev–Trinajstić information content (AvgIpc) is 3.23. The molecule has 0 saturated heterocycles. The molecule has 0 spiro atoms. The van der Waals surface area contributed by atoms with Crippen molar-refractivity contribution in [2.24, 2.45) is 5.92 Å². The Morgan fingerprint density at radius 1 is 0.722 bits per heavy atom. The molecule has 1 N–H and O–H groups in total. The highest BCUT2D eigenvalue weighted by Gasteiger charge is 2.27. The van der Waals surface area contributed by atoms with Crippen LogP contribution in [0.2, 0.25) is 0 Å². The van der Waals surface area contributed by atoms with Crippen LogP contribution in [0, 0.1) is 5.92 Å². The summed E-state index contributed by atoms with van der Waals surface area (Å²) >= 11 is 0. The van der Waals surface area contributed by atoms with Crippen molar-refractivity contribution < 1.29 is 4.74 Å². The van der Waals surface area contributed by atoms with Crippen LogP contribution < -0.4 is 5.32 Å².